The van der Waals surface area contributed by atoms with Crippen LogP contribution in [0.2, 0.25) is 0 Å². The number of rotatable bonds is 5. The van der Waals surface area contributed by atoms with Gasteiger partial charge in [0, 0.05) is 12.1 Å². The molecule has 1 aromatic heterocycles. The average molecular weight is 232 g/mol. The Morgan fingerprint density at radius 1 is 1.29 bits per heavy atom. The van der Waals surface area contributed by atoms with Gasteiger partial charge in [0.05, 0.1) is 6.54 Å². The van der Waals surface area contributed by atoms with E-state index in [9.17, 15) is 4.79 Å². The number of primary amides is 1. The molecule has 1 amide bonds. The molecule has 0 radical (unpaired) electrons. The van der Waals surface area contributed by atoms with Crippen molar-refractivity contribution in [3.05, 3.63) is 41.2 Å². The lowest BCUT2D eigenvalue weighted by Gasteiger charge is -2.02. The fourth-order valence-electron chi connectivity index (χ4n) is 1.36. The average Bonchev–Trinajstić information content (AvgIpc) is 2.83. The molecule has 0 atom stereocenters. The van der Waals surface area contributed by atoms with E-state index in [1.807, 2.05) is 12.1 Å². The van der Waals surface area contributed by atoms with E-state index in [2.05, 4.69) is 25.9 Å². The summed E-state index contributed by atoms with van der Waals surface area (Å²) in [6.45, 7) is 1.20. The number of amides is 1. The molecule has 88 valence electrons. The molecule has 0 aliphatic heterocycles. The Labute approximate surface area is 97.4 Å². The topological polar surface area (TPSA) is 110 Å². The normalized spacial score (nSPS) is 10.4. The maximum absolute atomic E-state index is 10.9. The van der Waals surface area contributed by atoms with Gasteiger partial charge in [0.1, 0.15) is 0 Å². The Balaban J connectivity index is 1.85. The molecule has 0 spiro atoms. The number of aromatic nitrogens is 4. The lowest BCUT2D eigenvalue weighted by Crippen LogP contribution is -2.14. The van der Waals surface area contributed by atoms with Crippen LogP contribution in [-0.2, 0) is 13.1 Å². The molecule has 0 aliphatic carbocycles. The molecule has 0 saturated heterocycles. The lowest BCUT2D eigenvalue weighted by atomic mass is 10.1. The van der Waals surface area contributed by atoms with Gasteiger partial charge in [-0.25, -0.2) is 0 Å². The predicted molar refractivity (Wildman–Crippen MR) is 59.7 cm³/mol. The minimum absolute atomic E-state index is 0.420. The van der Waals surface area contributed by atoms with Crippen LogP contribution in [0, 0.1) is 0 Å². The summed E-state index contributed by atoms with van der Waals surface area (Å²) in [6.07, 6.45) is 0. The first-order valence-corrected chi connectivity index (χ1v) is 5.07. The maximum atomic E-state index is 10.9. The molecular weight excluding hydrogens is 220 g/mol. The van der Waals surface area contributed by atoms with Gasteiger partial charge in [-0.1, -0.05) is 17.3 Å². The van der Waals surface area contributed by atoms with Gasteiger partial charge in [0.15, 0.2) is 5.82 Å². The SMILES string of the molecule is NC(=O)c1ccc(CNCc2nn[nH]n2)cc1. The van der Waals surface area contributed by atoms with Gasteiger partial charge >= 0.3 is 0 Å². The Morgan fingerprint density at radius 3 is 2.65 bits per heavy atom. The second-order valence-corrected chi connectivity index (χ2v) is 3.49. The highest BCUT2D eigenvalue weighted by Gasteiger charge is 2.00. The summed E-state index contributed by atoms with van der Waals surface area (Å²) in [4.78, 5) is 10.9. The fraction of sp³-hybridized carbons (Fsp3) is 0.200. The van der Waals surface area contributed by atoms with Crippen LogP contribution in [0.5, 0.6) is 0 Å². The second-order valence-electron chi connectivity index (χ2n) is 3.49. The fourth-order valence-corrected chi connectivity index (χ4v) is 1.36. The van der Waals surface area contributed by atoms with Crippen LogP contribution in [0.4, 0.5) is 0 Å². The molecule has 2 rings (SSSR count). The van der Waals surface area contributed by atoms with Crippen LogP contribution in [-0.4, -0.2) is 26.5 Å². The van der Waals surface area contributed by atoms with E-state index in [1.165, 1.54) is 0 Å². The van der Waals surface area contributed by atoms with E-state index < -0.39 is 5.91 Å². The number of nitrogens with zero attached hydrogens (tertiary/aromatic N) is 3. The van der Waals surface area contributed by atoms with Crippen LogP contribution in [0.3, 0.4) is 0 Å². The lowest BCUT2D eigenvalue weighted by molar-refractivity contribution is 0.100. The van der Waals surface area contributed by atoms with E-state index >= 15 is 0 Å². The molecule has 2 aromatic rings. The summed E-state index contributed by atoms with van der Waals surface area (Å²) in [5.74, 6) is 0.190. The Hall–Kier alpha value is -2.28. The predicted octanol–water partition coefficient (Wildman–Crippen LogP) is -0.412. The van der Waals surface area contributed by atoms with Crippen molar-refractivity contribution in [3.8, 4) is 0 Å². The highest BCUT2D eigenvalue weighted by Crippen LogP contribution is 2.03. The Morgan fingerprint density at radius 2 is 2.06 bits per heavy atom. The first-order valence-electron chi connectivity index (χ1n) is 5.07. The monoisotopic (exact) mass is 232 g/mol. The zero-order valence-corrected chi connectivity index (χ0v) is 9.05. The van der Waals surface area contributed by atoms with E-state index in [4.69, 9.17) is 5.73 Å². The summed E-state index contributed by atoms with van der Waals surface area (Å²) in [5.41, 5.74) is 6.71. The summed E-state index contributed by atoms with van der Waals surface area (Å²) in [7, 11) is 0. The van der Waals surface area contributed by atoms with Crippen LogP contribution in [0.15, 0.2) is 24.3 Å². The number of hydrogen-bond acceptors (Lipinski definition) is 5. The molecule has 0 saturated carbocycles. The Bertz CT molecular complexity index is 478. The van der Waals surface area contributed by atoms with Gasteiger partial charge in [-0.2, -0.15) is 5.21 Å². The van der Waals surface area contributed by atoms with Crippen molar-refractivity contribution in [1.82, 2.24) is 25.9 Å². The number of carbonyl (C=O) groups is 1. The standard InChI is InChI=1S/C10H12N6O/c11-10(17)8-3-1-7(2-4-8)5-12-6-9-13-15-16-14-9/h1-4,12H,5-6H2,(H2,11,17)(H,13,14,15,16). The smallest absolute Gasteiger partial charge is 0.248 e. The molecule has 1 heterocycles. The van der Waals surface area contributed by atoms with E-state index in [0.29, 0.717) is 24.5 Å². The molecule has 0 fully saturated rings. The number of tetrazole rings is 1. The van der Waals surface area contributed by atoms with Crippen LogP contribution >= 0.6 is 0 Å². The van der Waals surface area contributed by atoms with E-state index in [0.717, 1.165) is 5.56 Å². The first kappa shape index (κ1) is 11.2. The minimum Gasteiger partial charge on any atom is -0.366 e. The van der Waals surface area contributed by atoms with Gasteiger partial charge in [-0.3, -0.25) is 4.79 Å². The van der Waals surface area contributed by atoms with Crippen LogP contribution in [0.1, 0.15) is 21.7 Å². The maximum Gasteiger partial charge on any atom is 0.248 e. The van der Waals surface area contributed by atoms with Gasteiger partial charge in [0.25, 0.3) is 0 Å². The highest BCUT2D eigenvalue weighted by atomic mass is 16.1. The van der Waals surface area contributed by atoms with Crippen molar-refractivity contribution >= 4 is 5.91 Å². The molecule has 7 nitrogen and oxygen atoms in total. The summed E-state index contributed by atoms with van der Waals surface area (Å²) < 4.78 is 0. The minimum atomic E-state index is -0.420. The third-order valence-electron chi connectivity index (χ3n) is 2.24. The molecule has 7 heteroatoms. The largest absolute Gasteiger partial charge is 0.366 e. The zero-order chi connectivity index (χ0) is 12.1. The number of carbonyl (C=O) groups excluding carboxylic acids is 1. The highest BCUT2D eigenvalue weighted by molar-refractivity contribution is 5.92. The van der Waals surface area contributed by atoms with E-state index in [-0.39, 0.29) is 0 Å². The van der Waals surface area contributed by atoms with Crippen molar-refractivity contribution in [3.63, 3.8) is 0 Å². The molecule has 0 aliphatic rings. The molecule has 0 unspecified atom stereocenters. The molecule has 4 N–H and O–H groups in total. The third-order valence-corrected chi connectivity index (χ3v) is 2.24. The summed E-state index contributed by atoms with van der Waals surface area (Å²) in [5, 5.41) is 16.6. The number of nitrogens with one attached hydrogen (secondary N) is 2. The number of H-pyrrole nitrogens is 1. The molecular formula is C10H12N6O. The zero-order valence-electron chi connectivity index (χ0n) is 9.05. The number of benzene rings is 1. The summed E-state index contributed by atoms with van der Waals surface area (Å²) in [6, 6.07) is 7.11. The van der Waals surface area contributed by atoms with Crippen LogP contribution < -0.4 is 11.1 Å². The van der Waals surface area contributed by atoms with Gasteiger partial charge in [-0.15, -0.1) is 10.2 Å². The van der Waals surface area contributed by atoms with E-state index in [1.54, 1.807) is 12.1 Å². The van der Waals surface area contributed by atoms with Crippen molar-refractivity contribution in [2.24, 2.45) is 5.73 Å². The number of aromatic amines is 1. The van der Waals surface area contributed by atoms with Crippen molar-refractivity contribution in [2.45, 2.75) is 13.1 Å². The van der Waals surface area contributed by atoms with Crippen LogP contribution in [0.25, 0.3) is 0 Å². The summed E-state index contributed by atoms with van der Waals surface area (Å²) >= 11 is 0. The molecule has 0 bridgehead atoms. The first-order chi connectivity index (χ1) is 8.25. The number of nitrogens with two attached hydrogens (primary N) is 1. The second kappa shape index (κ2) is 5.17. The molecule has 17 heavy (non-hydrogen) atoms. The van der Waals surface area contributed by atoms with Crippen molar-refractivity contribution in [2.75, 3.05) is 0 Å². The number of hydrogen-bond donors (Lipinski definition) is 3. The molecule has 1 aromatic carbocycles. The van der Waals surface area contributed by atoms with Crippen molar-refractivity contribution in [1.29, 1.82) is 0 Å². The Kier molecular flexibility index (Phi) is 3.41. The van der Waals surface area contributed by atoms with Gasteiger partial charge in [0.2, 0.25) is 5.91 Å². The van der Waals surface area contributed by atoms with Gasteiger partial charge < -0.3 is 11.1 Å². The third kappa shape index (κ3) is 3.08. The quantitative estimate of drug-likeness (QED) is 0.649. The van der Waals surface area contributed by atoms with Crippen molar-refractivity contribution < 1.29 is 4.79 Å². The van der Waals surface area contributed by atoms with Gasteiger partial charge in [-0.05, 0) is 17.7 Å².